The van der Waals surface area contributed by atoms with Crippen molar-refractivity contribution in [3.8, 4) is 0 Å². The van der Waals surface area contributed by atoms with Crippen molar-refractivity contribution < 1.29 is 4.79 Å². The van der Waals surface area contributed by atoms with Crippen LogP contribution in [0.4, 0.5) is 11.5 Å². The van der Waals surface area contributed by atoms with Crippen LogP contribution in [0.5, 0.6) is 0 Å². The summed E-state index contributed by atoms with van der Waals surface area (Å²) in [5.74, 6) is 0.280. The number of carbonyl (C=O) groups is 1. The van der Waals surface area contributed by atoms with Gasteiger partial charge in [0.2, 0.25) is 0 Å². The smallest absolute Gasteiger partial charge is 0.256 e. The van der Waals surface area contributed by atoms with Crippen molar-refractivity contribution >= 4 is 33.9 Å². The zero-order chi connectivity index (χ0) is 21.1. The van der Waals surface area contributed by atoms with Crippen molar-refractivity contribution in [1.29, 1.82) is 5.53 Å². The van der Waals surface area contributed by atoms with Crippen LogP contribution in [-0.4, -0.2) is 49.0 Å². The molecule has 0 bridgehead atoms. The van der Waals surface area contributed by atoms with Crippen molar-refractivity contribution in [3.05, 3.63) is 72.4 Å². The predicted octanol–water partition coefficient (Wildman–Crippen LogP) is 4.24. The minimum Gasteiger partial charge on any atom is -0.369 e. The van der Waals surface area contributed by atoms with Gasteiger partial charge in [-0.2, -0.15) is 5.11 Å². The van der Waals surface area contributed by atoms with Gasteiger partial charge in [-0.15, -0.1) is 0 Å². The van der Waals surface area contributed by atoms with Crippen molar-refractivity contribution in [1.82, 2.24) is 9.88 Å². The lowest BCUT2D eigenvalue weighted by Crippen LogP contribution is -2.44. The minimum atomic E-state index is -0.195. The van der Waals surface area contributed by atoms with Crippen molar-refractivity contribution in [2.75, 3.05) is 43.4 Å². The van der Waals surface area contributed by atoms with E-state index in [1.54, 1.807) is 6.20 Å². The Morgan fingerprint density at radius 3 is 2.63 bits per heavy atom. The third-order valence-electron chi connectivity index (χ3n) is 5.41. The summed E-state index contributed by atoms with van der Waals surface area (Å²) >= 11 is 0. The Morgan fingerprint density at radius 1 is 1.07 bits per heavy atom. The van der Waals surface area contributed by atoms with Crippen LogP contribution in [0.3, 0.4) is 0 Å². The molecule has 0 unspecified atom stereocenters. The van der Waals surface area contributed by atoms with Crippen LogP contribution in [0, 0.1) is 5.53 Å². The van der Waals surface area contributed by atoms with Crippen LogP contribution in [-0.2, 0) is 0 Å². The van der Waals surface area contributed by atoms with Gasteiger partial charge in [-0.25, -0.2) is 10.5 Å². The highest BCUT2D eigenvalue weighted by Gasteiger charge is 2.16. The molecule has 4 rings (SSSR count). The topological polar surface area (TPSA) is 84.7 Å². The number of nitrogens with zero attached hydrogens (tertiary/aromatic N) is 4. The predicted molar refractivity (Wildman–Crippen MR) is 120 cm³/mol. The third-order valence-corrected chi connectivity index (χ3v) is 5.41. The van der Waals surface area contributed by atoms with E-state index in [2.05, 4.69) is 38.8 Å². The van der Waals surface area contributed by atoms with Crippen LogP contribution in [0.15, 0.2) is 66.4 Å². The summed E-state index contributed by atoms with van der Waals surface area (Å²) in [7, 11) is 2.12. The van der Waals surface area contributed by atoms with Crippen molar-refractivity contribution in [2.45, 2.75) is 0 Å². The molecule has 152 valence electrons. The summed E-state index contributed by atoms with van der Waals surface area (Å²) in [6, 6.07) is 15.2. The maximum absolute atomic E-state index is 12.8. The highest BCUT2D eigenvalue weighted by atomic mass is 16.1. The zero-order valence-corrected chi connectivity index (χ0v) is 16.9. The number of amides is 1. The first-order valence-electron chi connectivity index (χ1n) is 9.85. The summed E-state index contributed by atoms with van der Waals surface area (Å²) in [4.78, 5) is 21.8. The van der Waals surface area contributed by atoms with Crippen molar-refractivity contribution in [3.63, 3.8) is 0 Å². The molecule has 1 aliphatic rings. The number of carbonyl (C=O) groups excluding carboxylic acids is 1. The first-order chi connectivity index (χ1) is 14.5. The molecule has 0 spiro atoms. The van der Waals surface area contributed by atoms with Crippen molar-refractivity contribution in [2.24, 2.45) is 5.11 Å². The number of aromatic nitrogens is 1. The molecule has 0 radical (unpaired) electrons. The van der Waals surface area contributed by atoms with Gasteiger partial charge < -0.3 is 15.1 Å². The largest absolute Gasteiger partial charge is 0.369 e. The van der Waals surface area contributed by atoms with Gasteiger partial charge in [0, 0.05) is 54.6 Å². The second kappa shape index (κ2) is 8.42. The molecular formula is C23H24N6O. The summed E-state index contributed by atoms with van der Waals surface area (Å²) in [6.07, 6.45) is 1.72. The SMILES string of the molecule is C=C(N=N)c1ccc2cnc(NC(=O)c3cccc(N4CCN(C)CC4)c3)cc2c1. The molecule has 2 aromatic carbocycles. The lowest BCUT2D eigenvalue weighted by molar-refractivity contribution is 0.102. The van der Waals surface area contributed by atoms with Crippen LogP contribution >= 0.6 is 0 Å². The molecule has 1 fully saturated rings. The summed E-state index contributed by atoms with van der Waals surface area (Å²) in [5, 5.41) is 8.11. The van der Waals surface area contributed by atoms with E-state index in [9.17, 15) is 4.79 Å². The van der Waals surface area contributed by atoms with E-state index in [-0.39, 0.29) is 5.91 Å². The lowest BCUT2D eigenvalue weighted by Gasteiger charge is -2.34. The van der Waals surface area contributed by atoms with Gasteiger partial charge in [0.25, 0.3) is 5.91 Å². The number of likely N-dealkylation sites (N-methyl/N-ethyl adjacent to an activating group) is 1. The molecule has 0 saturated carbocycles. The number of rotatable bonds is 5. The number of hydrogen-bond donors (Lipinski definition) is 2. The maximum Gasteiger partial charge on any atom is 0.256 e. The van der Waals surface area contributed by atoms with Gasteiger partial charge in [-0.3, -0.25) is 4.79 Å². The number of hydrogen-bond acceptors (Lipinski definition) is 6. The minimum absolute atomic E-state index is 0.195. The molecule has 30 heavy (non-hydrogen) atoms. The fourth-order valence-corrected chi connectivity index (χ4v) is 3.55. The summed E-state index contributed by atoms with van der Waals surface area (Å²) in [6.45, 7) is 7.69. The molecule has 3 aromatic rings. The molecule has 7 nitrogen and oxygen atoms in total. The van der Waals surface area contributed by atoms with Crippen LogP contribution < -0.4 is 10.2 Å². The van der Waals surface area contributed by atoms with E-state index < -0.39 is 0 Å². The first-order valence-corrected chi connectivity index (χ1v) is 9.85. The maximum atomic E-state index is 12.8. The van der Waals surface area contributed by atoms with Crippen LogP contribution in [0.25, 0.3) is 16.5 Å². The number of benzene rings is 2. The van der Waals surface area contributed by atoms with Gasteiger partial charge in [-0.05, 0) is 42.8 Å². The molecular weight excluding hydrogens is 376 g/mol. The summed E-state index contributed by atoms with van der Waals surface area (Å²) in [5.41, 5.74) is 9.95. The Balaban J connectivity index is 1.53. The van der Waals surface area contributed by atoms with Gasteiger partial charge in [0.15, 0.2) is 0 Å². The van der Waals surface area contributed by atoms with E-state index in [1.807, 2.05) is 48.5 Å². The number of fused-ring (bicyclic) bond motifs is 1. The molecule has 7 heteroatoms. The number of anilines is 2. The van der Waals surface area contributed by atoms with Gasteiger partial charge in [0.1, 0.15) is 5.82 Å². The van der Waals surface area contributed by atoms with E-state index >= 15 is 0 Å². The highest BCUT2D eigenvalue weighted by molar-refractivity contribution is 6.05. The Morgan fingerprint density at radius 2 is 1.87 bits per heavy atom. The molecule has 1 aromatic heterocycles. The number of nitrogens with one attached hydrogen (secondary N) is 2. The Hall–Kier alpha value is -3.58. The molecule has 2 N–H and O–H groups in total. The fourth-order valence-electron chi connectivity index (χ4n) is 3.55. The van der Waals surface area contributed by atoms with E-state index in [0.717, 1.165) is 48.2 Å². The van der Waals surface area contributed by atoms with Gasteiger partial charge in [-0.1, -0.05) is 24.8 Å². The number of piperazine rings is 1. The highest BCUT2D eigenvalue weighted by Crippen LogP contribution is 2.23. The van der Waals surface area contributed by atoms with E-state index in [4.69, 9.17) is 5.53 Å². The Bertz CT molecular complexity index is 1120. The van der Waals surface area contributed by atoms with Gasteiger partial charge in [0.05, 0.1) is 5.70 Å². The molecule has 1 aliphatic heterocycles. The lowest BCUT2D eigenvalue weighted by atomic mass is 10.1. The summed E-state index contributed by atoms with van der Waals surface area (Å²) < 4.78 is 0. The second-order valence-corrected chi connectivity index (χ2v) is 7.48. The molecule has 1 amide bonds. The van der Waals surface area contributed by atoms with Gasteiger partial charge >= 0.3 is 0 Å². The average Bonchev–Trinajstić information content (AvgIpc) is 2.78. The third kappa shape index (κ3) is 4.21. The van der Waals surface area contributed by atoms with E-state index in [1.165, 1.54) is 0 Å². The second-order valence-electron chi connectivity index (χ2n) is 7.48. The first kappa shape index (κ1) is 19.7. The Kier molecular flexibility index (Phi) is 5.54. The monoisotopic (exact) mass is 400 g/mol. The van der Waals surface area contributed by atoms with Crippen LogP contribution in [0.2, 0.25) is 0 Å². The Labute approximate surface area is 175 Å². The average molecular weight is 400 g/mol. The quantitative estimate of drug-likeness (QED) is 0.628. The van der Waals surface area contributed by atoms with Crippen LogP contribution in [0.1, 0.15) is 15.9 Å². The fraction of sp³-hybridized carbons (Fsp3) is 0.217. The standard InChI is InChI=1S/C23H24N6O/c1-16(27-24)17-6-7-19-15-25-22(14-20(19)12-17)26-23(30)18-4-3-5-21(13-18)29-10-8-28(2)9-11-29/h3-7,12-15,24H,1,8-11H2,2H3,(H,25,26,30). The zero-order valence-electron chi connectivity index (χ0n) is 16.9. The molecule has 1 saturated heterocycles. The van der Waals surface area contributed by atoms with E-state index in [0.29, 0.717) is 17.1 Å². The molecule has 2 heterocycles. The molecule has 0 aliphatic carbocycles. The number of pyridine rings is 1. The normalized spacial score (nSPS) is 14.5. The molecule has 0 atom stereocenters.